The summed E-state index contributed by atoms with van der Waals surface area (Å²) in [6, 6.07) is 0.368. The second-order valence-electron chi connectivity index (χ2n) is 5.22. The predicted octanol–water partition coefficient (Wildman–Crippen LogP) is 2.06. The summed E-state index contributed by atoms with van der Waals surface area (Å²) in [5, 5.41) is 3.17. The van der Waals surface area contributed by atoms with E-state index in [1.165, 1.54) is 12.8 Å². The smallest absolute Gasteiger partial charge is 0.323 e. The molecule has 0 radical (unpaired) electrons. The zero-order valence-electron chi connectivity index (χ0n) is 12.2. The van der Waals surface area contributed by atoms with Gasteiger partial charge in [0.25, 0.3) is 0 Å². The van der Waals surface area contributed by atoms with Crippen molar-refractivity contribution in [3.63, 3.8) is 0 Å². The lowest BCUT2D eigenvalue weighted by Crippen LogP contribution is -2.11. The maximum Gasteiger partial charge on any atom is 0.323 e. The molecule has 1 N–H and O–H groups in total. The summed E-state index contributed by atoms with van der Waals surface area (Å²) in [5.41, 5.74) is 0. The van der Waals surface area contributed by atoms with Gasteiger partial charge in [-0.15, -0.1) is 0 Å². The number of anilines is 1. The standard InChI is InChI=1S/C14H20N6O/c1-2-6-16-12-17-13(20-8-7-15-10-20)19-14(18-12)21-9-5-11-3-4-11/h7-8,10-11H,2-6,9H2,1H3,(H,16,17,18,19). The summed E-state index contributed by atoms with van der Waals surface area (Å²) >= 11 is 0. The summed E-state index contributed by atoms with van der Waals surface area (Å²) < 4.78 is 7.42. The van der Waals surface area contributed by atoms with E-state index in [9.17, 15) is 0 Å². The molecule has 0 unspecified atom stereocenters. The van der Waals surface area contributed by atoms with Crippen LogP contribution in [0.15, 0.2) is 18.7 Å². The molecule has 0 atom stereocenters. The number of ether oxygens (including phenoxy) is 1. The van der Waals surface area contributed by atoms with Crippen LogP contribution in [0.5, 0.6) is 6.01 Å². The van der Waals surface area contributed by atoms with Crippen molar-refractivity contribution >= 4 is 5.95 Å². The van der Waals surface area contributed by atoms with Crippen LogP contribution in [-0.4, -0.2) is 37.7 Å². The Bertz CT molecular complexity index is 567. The van der Waals surface area contributed by atoms with Gasteiger partial charge in [0.05, 0.1) is 6.61 Å². The molecule has 2 aromatic rings. The van der Waals surface area contributed by atoms with Gasteiger partial charge in [-0.1, -0.05) is 19.8 Å². The molecule has 0 aliphatic heterocycles. The van der Waals surface area contributed by atoms with Gasteiger partial charge in [-0.25, -0.2) is 4.98 Å². The van der Waals surface area contributed by atoms with Crippen LogP contribution >= 0.6 is 0 Å². The molecule has 21 heavy (non-hydrogen) atoms. The van der Waals surface area contributed by atoms with E-state index < -0.39 is 0 Å². The summed E-state index contributed by atoms with van der Waals surface area (Å²) in [4.78, 5) is 17.0. The van der Waals surface area contributed by atoms with Crippen LogP contribution in [0, 0.1) is 5.92 Å². The van der Waals surface area contributed by atoms with Gasteiger partial charge >= 0.3 is 6.01 Å². The first-order valence-electron chi connectivity index (χ1n) is 7.46. The topological polar surface area (TPSA) is 77.8 Å². The highest BCUT2D eigenvalue weighted by Gasteiger charge is 2.21. The van der Waals surface area contributed by atoms with E-state index in [4.69, 9.17) is 4.74 Å². The molecule has 0 bridgehead atoms. The highest BCUT2D eigenvalue weighted by atomic mass is 16.5. The molecule has 1 aliphatic carbocycles. The largest absolute Gasteiger partial charge is 0.463 e. The van der Waals surface area contributed by atoms with E-state index in [0.717, 1.165) is 25.3 Å². The Morgan fingerprint density at radius 2 is 2.24 bits per heavy atom. The van der Waals surface area contributed by atoms with Crippen LogP contribution < -0.4 is 10.1 Å². The van der Waals surface area contributed by atoms with E-state index >= 15 is 0 Å². The van der Waals surface area contributed by atoms with Crippen LogP contribution in [0.3, 0.4) is 0 Å². The van der Waals surface area contributed by atoms with Gasteiger partial charge in [0.15, 0.2) is 0 Å². The Labute approximate surface area is 123 Å². The second kappa shape index (κ2) is 6.51. The van der Waals surface area contributed by atoms with Gasteiger partial charge in [0.1, 0.15) is 6.33 Å². The van der Waals surface area contributed by atoms with Gasteiger partial charge < -0.3 is 10.1 Å². The molecule has 112 valence electrons. The zero-order valence-corrected chi connectivity index (χ0v) is 12.2. The molecule has 0 aromatic carbocycles. The van der Waals surface area contributed by atoms with Crippen molar-refractivity contribution < 1.29 is 4.74 Å². The summed E-state index contributed by atoms with van der Waals surface area (Å²) in [6.45, 7) is 3.57. The minimum Gasteiger partial charge on any atom is -0.463 e. The lowest BCUT2D eigenvalue weighted by Gasteiger charge is -2.09. The van der Waals surface area contributed by atoms with Gasteiger partial charge in [-0.3, -0.25) is 4.57 Å². The summed E-state index contributed by atoms with van der Waals surface area (Å²) in [5.74, 6) is 1.89. The third-order valence-electron chi connectivity index (χ3n) is 3.33. The highest BCUT2D eigenvalue weighted by molar-refractivity contribution is 5.30. The fourth-order valence-corrected chi connectivity index (χ4v) is 1.94. The van der Waals surface area contributed by atoms with E-state index in [-0.39, 0.29) is 0 Å². The third kappa shape index (κ3) is 3.90. The number of rotatable bonds is 8. The van der Waals surface area contributed by atoms with Gasteiger partial charge in [0, 0.05) is 18.9 Å². The number of aromatic nitrogens is 5. The molecule has 7 nitrogen and oxygen atoms in total. The lowest BCUT2D eigenvalue weighted by atomic mass is 10.3. The Hall–Kier alpha value is -2.18. The normalized spacial score (nSPS) is 14.1. The molecule has 1 aliphatic rings. The Morgan fingerprint density at radius 1 is 1.33 bits per heavy atom. The van der Waals surface area contributed by atoms with Crippen LogP contribution in [-0.2, 0) is 0 Å². The van der Waals surface area contributed by atoms with E-state index in [1.54, 1.807) is 23.3 Å². The third-order valence-corrected chi connectivity index (χ3v) is 3.33. The molecule has 7 heteroatoms. The maximum atomic E-state index is 5.68. The fraction of sp³-hybridized carbons (Fsp3) is 0.571. The molecule has 1 fully saturated rings. The maximum absolute atomic E-state index is 5.68. The number of hydrogen-bond donors (Lipinski definition) is 1. The Kier molecular flexibility index (Phi) is 4.28. The van der Waals surface area contributed by atoms with Gasteiger partial charge in [-0.05, 0) is 18.8 Å². The fourth-order valence-electron chi connectivity index (χ4n) is 1.94. The molecule has 2 heterocycles. The molecule has 1 saturated carbocycles. The van der Waals surface area contributed by atoms with Crippen molar-refractivity contribution in [2.45, 2.75) is 32.6 Å². The monoisotopic (exact) mass is 288 g/mol. The lowest BCUT2D eigenvalue weighted by molar-refractivity contribution is 0.278. The Balaban J connectivity index is 1.74. The first-order valence-corrected chi connectivity index (χ1v) is 7.46. The average molecular weight is 288 g/mol. The molecule has 3 rings (SSSR count). The zero-order chi connectivity index (χ0) is 14.5. The SMILES string of the molecule is CCCNc1nc(OCCC2CC2)nc(-n2ccnc2)n1. The van der Waals surface area contributed by atoms with Crippen molar-refractivity contribution in [3.8, 4) is 12.0 Å². The van der Waals surface area contributed by atoms with Crippen molar-refractivity contribution in [2.24, 2.45) is 5.92 Å². The average Bonchev–Trinajstić information content (AvgIpc) is 3.15. The van der Waals surface area contributed by atoms with Crippen molar-refractivity contribution in [1.29, 1.82) is 0 Å². The molecule has 0 amide bonds. The molecular weight excluding hydrogens is 268 g/mol. The molecular formula is C14H20N6O. The number of nitrogens with one attached hydrogen (secondary N) is 1. The highest BCUT2D eigenvalue weighted by Crippen LogP contribution is 2.32. The van der Waals surface area contributed by atoms with Gasteiger partial charge in [0.2, 0.25) is 11.9 Å². The summed E-state index contributed by atoms with van der Waals surface area (Å²) in [7, 11) is 0. The summed E-state index contributed by atoms with van der Waals surface area (Å²) in [6.07, 6.45) is 9.87. The number of hydrogen-bond acceptors (Lipinski definition) is 6. The van der Waals surface area contributed by atoms with Crippen LogP contribution in [0.25, 0.3) is 5.95 Å². The quantitative estimate of drug-likeness (QED) is 0.801. The van der Waals surface area contributed by atoms with Crippen LogP contribution in [0.4, 0.5) is 5.95 Å². The minimum atomic E-state index is 0.368. The van der Waals surface area contributed by atoms with E-state index in [2.05, 4.69) is 32.2 Å². The van der Waals surface area contributed by atoms with Crippen LogP contribution in [0.2, 0.25) is 0 Å². The first kappa shape index (κ1) is 13.8. The second-order valence-corrected chi connectivity index (χ2v) is 5.22. The van der Waals surface area contributed by atoms with Crippen molar-refractivity contribution in [3.05, 3.63) is 18.7 Å². The number of nitrogens with zero attached hydrogens (tertiary/aromatic N) is 5. The van der Waals surface area contributed by atoms with E-state index in [0.29, 0.717) is 24.5 Å². The minimum absolute atomic E-state index is 0.368. The molecule has 2 aromatic heterocycles. The number of imidazole rings is 1. The van der Waals surface area contributed by atoms with Crippen LogP contribution in [0.1, 0.15) is 32.6 Å². The predicted molar refractivity (Wildman–Crippen MR) is 78.6 cm³/mol. The van der Waals surface area contributed by atoms with Crippen molar-refractivity contribution in [1.82, 2.24) is 24.5 Å². The van der Waals surface area contributed by atoms with Crippen molar-refractivity contribution in [2.75, 3.05) is 18.5 Å². The molecule has 0 saturated heterocycles. The molecule has 0 spiro atoms. The Morgan fingerprint density at radius 3 is 2.95 bits per heavy atom. The van der Waals surface area contributed by atoms with E-state index in [1.807, 2.05) is 0 Å². The van der Waals surface area contributed by atoms with Gasteiger partial charge in [-0.2, -0.15) is 15.0 Å². The first-order chi connectivity index (χ1) is 10.3.